The van der Waals surface area contributed by atoms with E-state index in [0.717, 1.165) is 27.9 Å². The molecule has 1 aromatic rings. The summed E-state index contributed by atoms with van der Waals surface area (Å²) in [5, 5.41) is 0. The summed E-state index contributed by atoms with van der Waals surface area (Å²) in [7, 11) is -4.00. The fourth-order valence-corrected chi connectivity index (χ4v) is 1.09. The molecule has 0 fully saturated rings. The van der Waals surface area contributed by atoms with E-state index in [9.17, 15) is 8.42 Å². The van der Waals surface area contributed by atoms with E-state index in [1.165, 1.54) is 12.1 Å². The molecule has 0 aliphatic rings. The predicted molar refractivity (Wildman–Crippen MR) is 52.2 cm³/mol. The molecule has 0 radical (unpaired) electrons. The van der Waals surface area contributed by atoms with Gasteiger partial charge in [-0.15, -0.1) is 0 Å². The van der Waals surface area contributed by atoms with E-state index in [1.807, 2.05) is 3.33 Å². The van der Waals surface area contributed by atoms with Gasteiger partial charge in [0.2, 0.25) is 0 Å². The Morgan fingerprint density at radius 3 is 1.92 bits per heavy atom. The van der Waals surface area contributed by atoms with Crippen LogP contribution in [-0.2, 0) is 10.1 Å². The van der Waals surface area contributed by atoms with Crippen molar-refractivity contribution in [2.75, 3.05) is 0 Å². The summed E-state index contributed by atoms with van der Waals surface area (Å²) in [5.41, 5.74) is 0. The topological polar surface area (TPSA) is 54.4 Å². The minimum atomic E-state index is -4.00. The molecule has 0 atom stereocenters. The Labute approximate surface area is 95.6 Å². The van der Waals surface area contributed by atoms with E-state index in [1.54, 1.807) is 18.2 Å². The quantitative estimate of drug-likeness (QED) is 0.558. The molecule has 0 aliphatic carbocycles. The predicted octanol–water partition coefficient (Wildman–Crippen LogP) is 1.23. The van der Waals surface area contributed by atoms with Crippen molar-refractivity contribution in [2.24, 2.45) is 0 Å². The van der Waals surface area contributed by atoms with Gasteiger partial charge in [0.15, 0.2) is 0 Å². The van der Waals surface area contributed by atoms with E-state index >= 15 is 0 Å². The van der Waals surface area contributed by atoms with E-state index in [-0.39, 0.29) is 4.90 Å². The Morgan fingerprint density at radius 1 is 1.31 bits per heavy atom. The van der Waals surface area contributed by atoms with Crippen LogP contribution in [0.5, 0.6) is 0 Å². The average molecular weight is 208 g/mol. The van der Waals surface area contributed by atoms with Crippen molar-refractivity contribution in [3.05, 3.63) is 40.2 Å². The Morgan fingerprint density at radius 2 is 1.69 bits per heavy atom. The molecule has 1 aromatic carbocycles. The van der Waals surface area contributed by atoms with Crippen molar-refractivity contribution in [1.29, 1.82) is 0 Å². The Hall–Kier alpha value is -0.130. The van der Waals surface area contributed by atoms with Gasteiger partial charge >= 0.3 is 37.8 Å². The van der Waals surface area contributed by atoms with Crippen LogP contribution in [-0.4, -0.2) is 40.9 Å². The largest absolute Gasteiger partial charge is 0.294 e. The third-order valence-electron chi connectivity index (χ3n) is 1.04. The van der Waals surface area contributed by atoms with Crippen LogP contribution >= 0.6 is 0 Å². The van der Waals surface area contributed by atoms with Crippen molar-refractivity contribution < 1.29 is 13.0 Å². The Balaban J connectivity index is 0.000000424. The molecule has 0 saturated heterocycles. The first kappa shape index (κ1) is 12.9. The molecule has 3 nitrogen and oxygen atoms in total. The maximum atomic E-state index is 10.4. The molecule has 0 bridgehead atoms. The molecule has 0 amide bonds. The number of hydrogen-bond acceptors (Lipinski definition) is 2. The molecule has 1 rings (SSSR count). The summed E-state index contributed by atoms with van der Waals surface area (Å²) < 4.78 is 31.1. The molecule has 0 spiro atoms. The summed E-state index contributed by atoms with van der Waals surface area (Å²) >= 11 is 1.13. The van der Waals surface area contributed by atoms with Crippen molar-refractivity contribution >= 4 is 38.0 Å². The van der Waals surface area contributed by atoms with Crippen molar-refractivity contribution in [3.63, 3.8) is 0 Å². The van der Waals surface area contributed by atoms with Gasteiger partial charge in [-0.3, -0.25) is 4.55 Å². The molecular weight excluding hydrogens is 199 g/mol. The van der Waals surface area contributed by atoms with Crippen LogP contribution in [0.3, 0.4) is 0 Å². The molecular formula is C8H9NaO3S. The van der Waals surface area contributed by atoms with Crippen LogP contribution in [0.15, 0.2) is 45.1 Å². The second-order valence-corrected chi connectivity index (χ2v) is 4.43. The van der Waals surface area contributed by atoms with E-state index in [0.29, 0.717) is 0 Å². The molecule has 66 valence electrons. The van der Waals surface area contributed by atoms with Gasteiger partial charge in [-0.25, -0.2) is 0 Å². The zero-order chi connectivity index (χ0) is 10.3. The van der Waals surface area contributed by atoms with Gasteiger partial charge in [0.25, 0.3) is 10.1 Å². The van der Waals surface area contributed by atoms with Gasteiger partial charge in [-0.1, -0.05) is 18.2 Å². The molecule has 0 heterocycles. The molecule has 0 saturated carbocycles. The Kier molecular flexibility index (Phi) is 6.28. The molecule has 13 heavy (non-hydrogen) atoms. The zero-order valence-electron chi connectivity index (χ0n) is 7.34. The van der Waals surface area contributed by atoms with Crippen molar-refractivity contribution in [1.82, 2.24) is 0 Å². The maximum absolute atomic E-state index is 10.4. The molecule has 0 unspecified atom stereocenters. The van der Waals surface area contributed by atoms with Crippen molar-refractivity contribution in [3.8, 4) is 0 Å². The fraction of sp³-hybridized carbons (Fsp3) is 0. The van der Waals surface area contributed by atoms with Crippen LogP contribution in [0.2, 0.25) is 0 Å². The van der Waals surface area contributed by atoms with Crippen LogP contribution in [0.25, 0.3) is 0 Å². The summed E-state index contributed by atoms with van der Waals surface area (Å²) in [6, 6.07) is 7.42. The second-order valence-electron chi connectivity index (χ2n) is 2.20. The zero-order valence-corrected chi connectivity index (χ0v) is 10.2. The SMILES string of the molecule is C=[CH][Na].O=S(=O)(O)c1ccccc1. The first-order chi connectivity index (χ1) is 6.02. The third-order valence-corrected chi connectivity index (χ3v) is 1.91. The standard InChI is InChI=1S/C6H6O3S.C2H3.Na/c7-10(8,9)6-4-2-1-3-5-6;1-2;/h1-5H,(H,7,8,9);1H,2H2;. The molecule has 0 aliphatic heterocycles. The first-order valence-electron chi connectivity index (χ1n) is 3.62. The summed E-state index contributed by atoms with van der Waals surface area (Å²) in [6.07, 6.45) is 0. The smallest absolute Gasteiger partial charge is 0.282 e. The van der Waals surface area contributed by atoms with E-state index in [2.05, 4.69) is 6.58 Å². The summed E-state index contributed by atoms with van der Waals surface area (Å²) in [5.74, 6) is 0. The van der Waals surface area contributed by atoms with Crippen LogP contribution in [0, 0.1) is 0 Å². The van der Waals surface area contributed by atoms with Crippen LogP contribution in [0.1, 0.15) is 0 Å². The minimum absolute atomic E-state index is 0.0741. The average Bonchev–Trinajstić information content (AvgIpc) is 2.06. The summed E-state index contributed by atoms with van der Waals surface area (Å²) in [4.78, 5) is -0.0741. The normalized spacial score (nSPS) is 9.77. The van der Waals surface area contributed by atoms with Gasteiger partial charge in [0.1, 0.15) is 0 Å². The van der Waals surface area contributed by atoms with E-state index in [4.69, 9.17) is 4.55 Å². The van der Waals surface area contributed by atoms with Crippen LogP contribution < -0.4 is 0 Å². The van der Waals surface area contributed by atoms with Gasteiger partial charge in [-0.05, 0) is 12.1 Å². The minimum Gasteiger partial charge on any atom is -0.282 e. The van der Waals surface area contributed by atoms with Gasteiger partial charge < -0.3 is 0 Å². The second kappa shape index (κ2) is 6.34. The first-order valence-corrected chi connectivity index (χ1v) is 6.21. The molecule has 0 aromatic heterocycles. The molecule has 5 heteroatoms. The number of rotatable bonds is 1. The molecule has 1 N–H and O–H groups in total. The number of hydrogen-bond donors (Lipinski definition) is 1. The van der Waals surface area contributed by atoms with Gasteiger partial charge in [0, 0.05) is 0 Å². The fourth-order valence-electron chi connectivity index (χ4n) is 0.592. The number of benzene rings is 1. The summed E-state index contributed by atoms with van der Waals surface area (Å²) in [6.45, 7) is 3.42. The maximum Gasteiger partial charge on any atom is 0.294 e. The van der Waals surface area contributed by atoms with Gasteiger partial charge in [-0.2, -0.15) is 8.42 Å². The van der Waals surface area contributed by atoms with Crippen LogP contribution in [0.4, 0.5) is 0 Å². The van der Waals surface area contributed by atoms with E-state index < -0.39 is 10.1 Å². The van der Waals surface area contributed by atoms with Crippen molar-refractivity contribution in [2.45, 2.75) is 4.90 Å². The Bertz CT molecular complexity index is 345. The monoisotopic (exact) mass is 208 g/mol. The van der Waals surface area contributed by atoms with Gasteiger partial charge in [0.05, 0.1) is 4.90 Å². The third kappa shape index (κ3) is 6.01.